The van der Waals surface area contributed by atoms with Crippen molar-refractivity contribution in [1.82, 2.24) is 9.78 Å². The van der Waals surface area contributed by atoms with E-state index in [1.807, 2.05) is 44.2 Å². The molecule has 23 heavy (non-hydrogen) atoms. The van der Waals surface area contributed by atoms with Crippen molar-refractivity contribution in [2.24, 2.45) is 0 Å². The third kappa shape index (κ3) is 3.41. The number of nitrogens with zero attached hydrogens (tertiary/aromatic N) is 2. The summed E-state index contributed by atoms with van der Waals surface area (Å²) in [6.45, 7) is 3.87. The Morgan fingerprint density at radius 2 is 1.70 bits per heavy atom. The monoisotopic (exact) mass is 386 g/mol. The Hall–Kier alpha value is -1.85. The predicted octanol–water partition coefficient (Wildman–Crippen LogP) is 5.10. The number of benzene rings is 2. The van der Waals surface area contributed by atoms with Gasteiger partial charge in [-0.2, -0.15) is 9.78 Å². The number of aryl methyl sites for hydroxylation is 1. The van der Waals surface area contributed by atoms with E-state index in [2.05, 4.69) is 33.2 Å². The average molecular weight is 387 g/mol. The number of halogens is 1. The molecule has 0 amide bonds. The van der Waals surface area contributed by atoms with Crippen molar-refractivity contribution in [3.63, 3.8) is 0 Å². The molecule has 0 aliphatic rings. The molecule has 0 unspecified atom stereocenters. The molecule has 3 aromatic rings. The van der Waals surface area contributed by atoms with Crippen LogP contribution in [0.1, 0.15) is 21.7 Å². The van der Waals surface area contributed by atoms with Crippen LogP contribution in [-0.4, -0.2) is 15.7 Å². The van der Waals surface area contributed by atoms with Crippen molar-refractivity contribution < 1.29 is 4.79 Å². The lowest BCUT2D eigenvalue weighted by Gasteiger charge is -2.05. The van der Waals surface area contributed by atoms with Crippen LogP contribution in [0.3, 0.4) is 0 Å². The van der Waals surface area contributed by atoms with E-state index in [4.69, 9.17) is 0 Å². The van der Waals surface area contributed by atoms with Gasteiger partial charge >= 0.3 is 0 Å². The minimum atomic E-state index is -0.113. The molecule has 0 atom stereocenters. The first-order chi connectivity index (χ1) is 11.1. The first kappa shape index (κ1) is 16.0. The van der Waals surface area contributed by atoms with Crippen molar-refractivity contribution in [3.8, 4) is 0 Å². The van der Waals surface area contributed by atoms with Crippen LogP contribution in [0.2, 0.25) is 0 Å². The zero-order chi connectivity index (χ0) is 16.4. The Balaban J connectivity index is 1.94. The number of carbonyl (C=O) groups is 1. The lowest BCUT2D eigenvalue weighted by atomic mass is 10.2. The molecular formula is C18H15BrN2OS. The van der Waals surface area contributed by atoms with Gasteiger partial charge in [0.05, 0.1) is 16.3 Å². The maximum atomic E-state index is 12.7. The van der Waals surface area contributed by atoms with E-state index < -0.39 is 0 Å². The number of carbonyl (C=O) groups excluding carboxylic acids is 1. The fraction of sp³-hybridized carbons (Fsp3) is 0.111. The molecule has 0 aliphatic heterocycles. The van der Waals surface area contributed by atoms with Gasteiger partial charge in [0, 0.05) is 14.9 Å². The Morgan fingerprint density at radius 1 is 1.04 bits per heavy atom. The van der Waals surface area contributed by atoms with Gasteiger partial charge in [-0.1, -0.05) is 45.9 Å². The predicted molar refractivity (Wildman–Crippen MR) is 96.1 cm³/mol. The summed E-state index contributed by atoms with van der Waals surface area (Å²) in [5.74, 6) is -0.113. The quantitative estimate of drug-likeness (QED) is 0.627. The summed E-state index contributed by atoms with van der Waals surface area (Å²) >= 11 is 5.01. The minimum Gasteiger partial charge on any atom is -0.267 e. The molecule has 0 saturated heterocycles. The Bertz CT molecular complexity index is 841. The lowest BCUT2D eigenvalue weighted by Crippen LogP contribution is -2.15. The van der Waals surface area contributed by atoms with Crippen molar-refractivity contribution in [2.75, 3.05) is 0 Å². The second-order valence-corrected chi connectivity index (χ2v) is 7.14. The van der Waals surface area contributed by atoms with Gasteiger partial charge < -0.3 is 0 Å². The number of hydrogen-bond acceptors (Lipinski definition) is 3. The van der Waals surface area contributed by atoms with Gasteiger partial charge in [-0.15, -0.1) is 0 Å². The third-order valence-electron chi connectivity index (χ3n) is 3.47. The summed E-state index contributed by atoms with van der Waals surface area (Å²) < 4.78 is 2.44. The minimum absolute atomic E-state index is 0.113. The first-order valence-corrected chi connectivity index (χ1v) is 8.76. The van der Waals surface area contributed by atoms with Gasteiger partial charge in [0.2, 0.25) is 0 Å². The second kappa shape index (κ2) is 6.72. The molecule has 0 saturated carbocycles. The summed E-state index contributed by atoms with van der Waals surface area (Å²) in [4.78, 5) is 14.8. The SMILES string of the molecule is Cc1nn(C(=O)c2ccc(Br)cc2)c(C)c1Sc1ccccc1. The molecule has 3 nitrogen and oxygen atoms in total. The van der Waals surface area contributed by atoms with Gasteiger partial charge in [0.25, 0.3) is 5.91 Å². The second-order valence-electron chi connectivity index (χ2n) is 5.14. The molecule has 2 aromatic carbocycles. The zero-order valence-electron chi connectivity index (χ0n) is 12.8. The van der Waals surface area contributed by atoms with Crippen LogP contribution in [0.5, 0.6) is 0 Å². The van der Waals surface area contributed by atoms with E-state index in [1.54, 1.807) is 23.9 Å². The largest absolute Gasteiger partial charge is 0.278 e. The van der Waals surface area contributed by atoms with Crippen molar-refractivity contribution >= 4 is 33.6 Å². The van der Waals surface area contributed by atoms with Crippen LogP contribution in [0, 0.1) is 13.8 Å². The highest BCUT2D eigenvalue weighted by Crippen LogP contribution is 2.32. The van der Waals surface area contributed by atoms with Crippen LogP contribution in [-0.2, 0) is 0 Å². The molecule has 1 aromatic heterocycles. The van der Waals surface area contributed by atoms with E-state index in [1.165, 1.54) is 4.68 Å². The van der Waals surface area contributed by atoms with Crippen molar-refractivity contribution in [1.29, 1.82) is 0 Å². The Kier molecular flexibility index (Phi) is 4.68. The molecule has 0 fully saturated rings. The Labute approximate surface area is 147 Å². The number of rotatable bonds is 3. The highest BCUT2D eigenvalue weighted by molar-refractivity contribution is 9.10. The topological polar surface area (TPSA) is 34.9 Å². The molecule has 1 heterocycles. The van der Waals surface area contributed by atoms with Gasteiger partial charge in [-0.25, -0.2) is 0 Å². The molecule has 0 N–H and O–H groups in total. The van der Waals surface area contributed by atoms with E-state index in [-0.39, 0.29) is 5.91 Å². The van der Waals surface area contributed by atoms with Gasteiger partial charge in [-0.3, -0.25) is 4.79 Å². The van der Waals surface area contributed by atoms with E-state index >= 15 is 0 Å². The summed E-state index contributed by atoms with van der Waals surface area (Å²) in [7, 11) is 0. The van der Waals surface area contributed by atoms with Crippen LogP contribution in [0.4, 0.5) is 0 Å². The van der Waals surface area contributed by atoms with Crippen LogP contribution in [0.25, 0.3) is 0 Å². The standard InChI is InChI=1S/C18H15BrN2OS/c1-12-17(23-16-6-4-3-5-7-16)13(2)21(20-12)18(22)14-8-10-15(19)11-9-14/h3-11H,1-2H3. The summed E-state index contributed by atoms with van der Waals surface area (Å²) in [5.41, 5.74) is 2.35. The fourth-order valence-electron chi connectivity index (χ4n) is 2.29. The molecule has 3 rings (SSSR count). The molecular weight excluding hydrogens is 372 g/mol. The highest BCUT2D eigenvalue weighted by atomic mass is 79.9. The molecule has 116 valence electrons. The summed E-state index contributed by atoms with van der Waals surface area (Å²) in [6.07, 6.45) is 0. The normalized spacial score (nSPS) is 10.7. The van der Waals surface area contributed by atoms with E-state index in [0.29, 0.717) is 5.56 Å². The van der Waals surface area contributed by atoms with Gasteiger partial charge in [-0.05, 0) is 50.2 Å². The smallest absolute Gasteiger partial charge is 0.267 e. The summed E-state index contributed by atoms with van der Waals surface area (Å²) in [6, 6.07) is 17.4. The maximum absolute atomic E-state index is 12.7. The number of aromatic nitrogens is 2. The van der Waals surface area contributed by atoms with Crippen LogP contribution in [0.15, 0.2) is 68.9 Å². The highest BCUT2D eigenvalue weighted by Gasteiger charge is 2.18. The maximum Gasteiger partial charge on any atom is 0.278 e. The fourth-order valence-corrected chi connectivity index (χ4v) is 3.51. The molecule has 0 radical (unpaired) electrons. The zero-order valence-corrected chi connectivity index (χ0v) is 15.2. The van der Waals surface area contributed by atoms with E-state index in [0.717, 1.165) is 25.7 Å². The molecule has 0 aliphatic carbocycles. The van der Waals surface area contributed by atoms with E-state index in [9.17, 15) is 4.79 Å². The first-order valence-electron chi connectivity index (χ1n) is 7.15. The lowest BCUT2D eigenvalue weighted by molar-refractivity contribution is 0.0942. The summed E-state index contributed by atoms with van der Waals surface area (Å²) in [5, 5.41) is 4.44. The molecule has 0 spiro atoms. The van der Waals surface area contributed by atoms with Crippen LogP contribution >= 0.6 is 27.7 Å². The average Bonchev–Trinajstić information content (AvgIpc) is 2.84. The Morgan fingerprint density at radius 3 is 2.35 bits per heavy atom. The van der Waals surface area contributed by atoms with Gasteiger partial charge in [0.15, 0.2) is 0 Å². The number of hydrogen-bond donors (Lipinski definition) is 0. The molecule has 5 heteroatoms. The van der Waals surface area contributed by atoms with Crippen molar-refractivity contribution in [3.05, 3.63) is 76.0 Å². The van der Waals surface area contributed by atoms with Crippen molar-refractivity contribution in [2.45, 2.75) is 23.6 Å². The van der Waals surface area contributed by atoms with Crippen LogP contribution < -0.4 is 0 Å². The molecule has 0 bridgehead atoms. The van der Waals surface area contributed by atoms with Gasteiger partial charge in [0.1, 0.15) is 0 Å². The third-order valence-corrected chi connectivity index (χ3v) is 5.30.